The molecule has 3 rings (SSSR count). The predicted octanol–water partition coefficient (Wildman–Crippen LogP) is 3.07. The molecule has 2 saturated heterocycles. The molecule has 2 aliphatic rings. The number of nitrogens with zero attached hydrogens (tertiary/aromatic N) is 1. The van der Waals surface area contributed by atoms with Gasteiger partial charge in [0, 0.05) is 24.7 Å². The molecule has 22 heavy (non-hydrogen) atoms. The summed E-state index contributed by atoms with van der Waals surface area (Å²) >= 11 is 6.50. The number of methoxy groups -OCH3 is 2. The molecule has 0 aliphatic carbocycles. The summed E-state index contributed by atoms with van der Waals surface area (Å²) in [5.41, 5.74) is 1.09. The van der Waals surface area contributed by atoms with Crippen molar-refractivity contribution in [3.63, 3.8) is 0 Å². The van der Waals surface area contributed by atoms with Crippen LogP contribution < -0.4 is 14.8 Å². The monoisotopic (exact) mass is 324 g/mol. The van der Waals surface area contributed by atoms with Crippen LogP contribution in [0.15, 0.2) is 12.1 Å². The Labute approximate surface area is 137 Å². The fourth-order valence-corrected chi connectivity index (χ4v) is 4.13. The lowest BCUT2D eigenvalue weighted by atomic mass is 9.98. The van der Waals surface area contributed by atoms with Crippen molar-refractivity contribution in [2.45, 2.75) is 50.4 Å². The molecule has 1 N–H and O–H groups in total. The molecule has 2 heterocycles. The maximum atomic E-state index is 6.50. The highest BCUT2D eigenvalue weighted by Crippen LogP contribution is 2.38. The van der Waals surface area contributed by atoms with Crippen LogP contribution >= 0.6 is 11.6 Å². The van der Waals surface area contributed by atoms with Gasteiger partial charge >= 0.3 is 0 Å². The first-order valence-electron chi connectivity index (χ1n) is 7.98. The lowest BCUT2D eigenvalue weighted by Crippen LogP contribution is -2.46. The molecule has 1 aromatic carbocycles. The van der Waals surface area contributed by atoms with E-state index in [1.165, 1.54) is 25.7 Å². The van der Waals surface area contributed by atoms with Gasteiger partial charge < -0.3 is 14.8 Å². The van der Waals surface area contributed by atoms with Crippen LogP contribution in [0.1, 0.15) is 31.2 Å². The Morgan fingerprint density at radius 2 is 1.86 bits per heavy atom. The van der Waals surface area contributed by atoms with Gasteiger partial charge in [0.1, 0.15) is 0 Å². The van der Waals surface area contributed by atoms with Crippen molar-refractivity contribution >= 4 is 11.6 Å². The van der Waals surface area contributed by atoms with E-state index in [1.54, 1.807) is 14.2 Å². The van der Waals surface area contributed by atoms with Crippen LogP contribution in [-0.2, 0) is 6.54 Å². The number of piperidine rings is 1. The predicted molar refractivity (Wildman–Crippen MR) is 89.0 cm³/mol. The summed E-state index contributed by atoms with van der Waals surface area (Å²) in [6.07, 6.45) is 5.12. The molecule has 0 radical (unpaired) electrons. The number of ether oxygens (including phenoxy) is 2. The summed E-state index contributed by atoms with van der Waals surface area (Å²) in [5.74, 6) is 1.30. The fraction of sp³-hybridized carbons (Fsp3) is 0.647. The van der Waals surface area contributed by atoms with Crippen molar-refractivity contribution in [1.82, 2.24) is 10.2 Å². The minimum Gasteiger partial charge on any atom is -0.493 e. The van der Waals surface area contributed by atoms with Crippen LogP contribution in [0.5, 0.6) is 11.5 Å². The first-order chi connectivity index (χ1) is 10.6. The van der Waals surface area contributed by atoms with Crippen molar-refractivity contribution in [3.05, 3.63) is 22.7 Å². The molecule has 0 amide bonds. The largest absolute Gasteiger partial charge is 0.493 e. The lowest BCUT2D eigenvalue weighted by molar-refractivity contribution is 0.166. The maximum Gasteiger partial charge on any atom is 0.179 e. The van der Waals surface area contributed by atoms with Gasteiger partial charge in [-0.1, -0.05) is 17.7 Å². The number of fused-ring (bicyclic) bond motifs is 2. The highest BCUT2D eigenvalue weighted by molar-refractivity contribution is 6.33. The third-order valence-corrected chi connectivity index (χ3v) is 5.47. The lowest BCUT2D eigenvalue weighted by Gasteiger charge is -2.35. The van der Waals surface area contributed by atoms with Gasteiger partial charge in [0.2, 0.25) is 0 Å². The Hall–Kier alpha value is -0.970. The topological polar surface area (TPSA) is 33.7 Å². The van der Waals surface area contributed by atoms with E-state index in [0.29, 0.717) is 34.6 Å². The van der Waals surface area contributed by atoms with Gasteiger partial charge in [-0.25, -0.2) is 0 Å². The van der Waals surface area contributed by atoms with E-state index in [2.05, 4.69) is 17.3 Å². The number of hydrogen-bond acceptors (Lipinski definition) is 4. The minimum atomic E-state index is 0.625. The molecule has 2 atom stereocenters. The van der Waals surface area contributed by atoms with Crippen LogP contribution in [0.4, 0.5) is 0 Å². The second kappa shape index (κ2) is 6.65. The molecule has 2 aliphatic heterocycles. The standard InChI is InChI=1S/C17H25ClN2O2/c1-20(14-8-12-5-6-13(9-14)19-12)10-11-4-7-15(21-2)17(22-3)16(11)18/h4,7,12-14,19H,5-6,8-10H2,1-3H3. The molecule has 2 unspecified atom stereocenters. The molecule has 0 saturated carbocycles. The zero-order chi connectivity index (χ0) is 15.7. The van der Waals surface area contributed by atoms with E-state index in [9.17, 15) is 0 Å². The van der Waals surface area contributed by atoms with E-state index in [0.717, 1.165) is 12.1 Å². The summed E-state index contributed by atoms with van der Waals surface area (Å²) < 4.78 is 10.7. The number of nitrogens with one attached hydrogen (secondary N) is 1. The molecule has 4 nitrogen and oxygen atoms in total. The van der Waals surface area contributed by atoms with E-state index >= 15 is 0 Å². The quantitative estimate of drug-likeness (QED) is 0.902. The Kier molecular flexibility index (Phi) is 4.81. The molecule has 1 aromatic rings. The van der Waals surface area contributed by atoms with Gasteiger partial charge in [0.25, 0.3) is 0 Å². The van der Waals surface area contributed by atoms with Crippen LogP contribution in [0.3, 0.4) is 0 Å². The summed E-state index contributed by atoms with van der Waals surface area (Å²) in [7, 11) is 5.45. The van der Waals surface area contributed by atoms with Crippen LogP contribution in [-0.4, -0.2) is 44.3 Å². The highest BCUT2D eigenvalue weighted by atomic mass is 35.5. The second-order valence-corrected chi connectivity index (χ2v) is 6.83. The van der Waals surface area contributed by atoms with Gasteiger partial charge in [0.05, 0.1) is 19.2 Å². The van der Waals surface area contributed by atoms with Crippen molar-refractivity contribution in [3.8, 4) is 11.5 Å². The average molecular weight is 325 g/mol. The van der Waals surface area contributed by atoms with Gasteiger partial charge in [0.15, 0.2) is 11.5 Å². The van der Waals surface area contributed by atoms with Crippen molar-refractivity contribution in [2.75, 3.05) is 21.3 Å². The Morgan fingerprint density at radius 3 is 2.45 bits per heavy atom. The van der Waals surface area contributed by atoms with Gasteiger partial charge in [-0.05, 0) is 44.4 Å². The van der Waals surface area contributed by atoms with E-state index in [-0.39, 0.29) is 0 Å². The molecule has 0 spiro atoms. The zero-order valence-electron chi connectivity index (χ0n) is 13.6. The third-order valence-electron chi connectivity index (χ3n) is 5.06. The highest BCUT2D eigenvalue weighted by Gasteiger charge is 2.35. The molecule has 122 valence electrons. The summed E-state index contributed by atoms with van der Waals surface area (Å²) in [4.78, 5) is 2.43. The van der Waals surface area contributed by atoms with Crippen LogP contribution in [0.2, 0.25) is 5.02 Å². The molecule has 2 fully saturated rings. The molecule has 5 heteroatoms. The van der Waals surface area contributed by atoms with E-state index in [1.807, 2.05) is 12.1 Å². The Balaban J connectivity index is 1.72. The molecule has 2 bridgehead atoms. The summed E-state index contributed by atoms with van der Waals surface area (Å²) in [6.45, 7) is 0.837. The summed E-state index contributed by atoms with van der Waals surface area (Å²) in [5, 5.41) is 4.35. The molecule has 0 aromatic heterocycles. The number of hydrogen-bond donors (Lipinski definition) is 1. The van der Waals surface area contributed by atoms with E-state index in [4.69, 9.17) is 21.1 Å². The van der Waals surface area contributed by atoms with Crippen LogP contribution in [0.25, 0.3) is 0 Å². The summed E-state index contributed by atoms with van der Waals surface area (Å²) in [6, 6.07) is 6.00. The smallest absolute Gasteiger partial charge is 0.179 e. The first kappa shape index (κ1) is 15.9. The first-order valence-corrected chi connectivity index (χ1v) is 8.35. The van der Waals surface area contributed by atoms with Crippen molar-refractivity contribution < 1.29 is 9.47 Å². The van der Waals surface area contributed by atoms with E-state index < -0.39 is 0 Å². The van der Waals surface area contributed by atoms with Gasteiger partial charge in [-0.15, -0.1) is 0 Å². The minimum absolute atomic E-state index is 0.625. The number of halogens is 1. The zero-order valence-corrected chi connectivity index (χ0v) is 14.3. The number of benzene rings is 1. The van der Waals surface area contributed by atoms with Crippen molar-refractivity contribution in [2.24, 2.45) is 0 Å². The Bertz CT molecular complexity index is 526. The van der Waals surface area contributed by atoms with Gasteiger partial charge in [-0.3, -0.25) is 4.90 Å². The fourth-order valence-electron chi connectivity index (χ4n) is 3.84. The average Bonchev–Trinajstić information content (AvgIpc) is 2.87. The normalized spacial score (nSPS) is 27.2. The maximum absolute atomic E-state index is 6.50. The SMILES string of the molecule is COc1ccc(CN(C)C2CC3CCC(C2)N3)c(Cl)c1OC. The Morgan fingerprint density at radius 1 is 1.18 bits per heavy atom. The van der Waals surface area contributed by atoms with Crippen molar-refractivity contribution in [1.29, 1.82) is 0 Å². The number of rotatable bonds is 5. The third kappa shape index (κ3) is 3.05. The molecular weight excluding hydrogens is 300 g/mol. The van der Waals surface area contributed by atoms with Gasteiger partial charge in [-0.2, -0.15) is 0 Å². The molecular formula is C17H25ClN2O2. The van der Waals surface area contributed by atoms with Crippen LogP contribution in [0, 0.1) is 0 Å². The second-order valence-electron chi connectivity index (χ2n) is 6.45.